The molecule has 2 fully saturated rings. The highest BCUT2D eigenvalue weighted by molar-refractivity contribution is 5.94. The monoisotopic (exact) mass is 413 g/mol. The van der Waals surface area contributed by atoms with E-state index in [1.807, 2.05) is 41.3 Å². The SMILES string of the molecule is O=C(c1ccc(CN2CCCC2)cc1)N1CCCC1c1ccnc(-c2ccccn2)n1. The Morgan fingerprint density at radius 2 is 1.74 bits per heavy atom. The fourth-order valence-electron chi connectivity index (χ4n) is 4.61. The second-order valence-corrected chi connectivity index (χ2v) is 8.36. The third-order valence-electron chi connectivity index (χ3n) is 6.23. The predicted octanol–water partition coefficient (Wildman–Crippen LogP) is 4.11. The first-order chi connectivity index (χ1) is 15.3. The lowest BCUT2D eigenvalue weighted by atomic mass is 10.1. The van der Waals surface area contributed by atoms with Crippen LogP contribution in [0.3, 0.4) is 0 Å². The van der Waals surface area contributed by atoms with Crippen molar-refractivity contribution < 1.29 is 4.79 Å². The van der Waals surface area contributed by atoms with E-state index in [9.17, 15) is 4.79 Å². The topological polar surface area (TPSA) is 62.2 Å². The molecule has 1 atom stereocenters. The van der Waals surface area contributed by atoms with Crippen LogP contribution in [-0.2, 0) is 6.54 Å². The van der Waals surface area contributed by atoms with E-state index in [1.54, 1.807) is 12.4 Å². The number of pyridine rings is 1. The summed E-state index contributed by atoms with van der Waals surface area (Å²) in [6, 6.07) is 15.7. The summed E-state index contributed by atoms with van der Waals surface area (Å²) in [6.45, 7) is 4.07. The summed E-state index contributed by atoms with van der Waals surface area (Å²) < 4.78 is 0. The highest BCUT2D eigenvalue weighted by Crippen LogP contribution is 2.32. The molecule has 6 heteroatoms. The molecule has 1 aromatic carbocycles. The van der Waals surface area contributed by atoms with Crippen molar-refractivity contribution in [3.05, 3.63) is 77.7 Å². The van der Waals surface area contributed by atoms with E-state index < -0.39 is 0 Å². The molecule has 158 valence electrons. The van der Waals surface area contributed by atoms with E-state index in [2.05, 4.69) is 27.0 Å². The van der Waals surface area contributed by atoms with Gasteiger partial charge >= 0.3 is 0 Å². The van der Waals surface area contributed by atoms with Crippen molar-refractivity contribution >= 4 is 5.91 Å². The van der Waals surface area contributed by atoms with Crippen molar-refractivity contribution in [3.63, 3.8) is 0 Å². The van der Waals surface area contributed by atoms with Crippen LogP contribution in [0.5, 0.6) is 0 Å². The summed E-state index contributed by atoms with van der Waals surface area (Å²) >= 11 is 0. The molecule has 0 spiro atoms. The zero-order chi connectivity index (χ0) is 21.0. The first-order valence-corrected chi connectivity index (χ1v) is 11.1. The van der Waals surface area contributed by atoms with E-state index in [0.29, 0.717) is 5.82 Å². The van der Waals surface area contributed by atoms with E-state index in [-0.39, 0.29) is 11.9 Å². The number of carbonyl (C=O) groups is 1. The standard InChI is InChI=1S/C25H27N5O/c31-25(20-10-8-19(9-11-20)18-29-15-3-4-16-29)30-17-5-7-23(30)21-12-14-27-24(28-21)22-6-1-2-13-26-22/h1-2,6,8-14,23H,3-5,7,15-18H2. The minimum atomic E-state index is -0.0257. The number of likely N-dealkylation sites (tertiary alicyclic amines) is 2. The van der Waals surface area contributed by atoms with Gasteiger partial charge in [0.1, 0.15) is 5.69 Å². The van der Waals surface area contributed by atoms with Crippen molar-refractivity contribution in [1.82, 2.24) is 24.8 Å². The maximum atomic E-state index is 13.3. The second kappa shape index (κ2) is 8.94. The van der Waals surface area contributed by atoms with Crippen LogP contribution in [-0.4, -0.2) is 50.3 Å². The Hall–Kier alpha value is -3.12. The average Bonchev–Trinajstić information content (AvgIpc) is 3.52. The van der Waals surface area contributed by atoms with Crippen LogP contribution in [0, 0.1) is 0 Å². The molecule has 0 bridgehead atoms. The minimum absolute atomic E-state index is 0.0257. The minimum Gasteiger partial charge on any atom is -0.330 e. The molecular formula is C25H27N5O. The smallest absolute Gasteiger partial charge is 0.254 e. The van der Waals surface area contributed by atoms with E-state index in [1.165, 1.54) is 31.5 Å². The van der Waals surface area contributed by atoms with Gasteiger partial charge in [0.25, 0.3) is 5.91 Å². The summed E-state index contributed by atoms with van der Waals surface area (Å²) in [5.41, 5.74) is 3.64. The number of carbonyl (C=O) groups excluding carboxylic acids is 1. The summed E-state index contributed by atoms with van der Waals surface area (Å²) in [4.78, 5) is 31.2. The van der Waals surface area contributed by atoms with Gasteiger partial charge in [-0.25, -0.2) is 9.97 Å². The Morgan fingerprint density at radius 3 is 2.52 bits per heavy atom. The maximum Gasteiger partial charge on any atom is 0.254 e. The fourth-order valence-corrected chi connectivity index (χ4v) is 4.61. The van der Waals surface area contributed by atoms with E-state index in [4.69, 9.17) is 4.98 Å². The van der Waals surface area contributed by atoms with Crippen molar-refractivity contribution in [2.45, 2.75) is 38.3 Å². The third-order valence-corrected chi connectivity index (χ3v) is 6.23. The van der Waals surface area contributed by atoms with Gasteiger partial charge in [-0.2, -0.15) is 0 Å². The fraction of sp³-hybridized carbons (Fsp3) is 0.360. The summed E-state index contributed by atoms with van der Waals surface area (Å²) in [7, 11) is 0. The molecule has 2 aromatic heterocycles. The average molecular weight is 414 g/mol. The van der Waals surface area contributed by atoms with Crippen LogP contribution in [0.4, 0.5) is 0 Å². The van der Waals surface area contributed by atoms with Crippen LogP contribution < -0.4 is 0 Å². The predicted molar refractivity (Wildman–Crippen MR) is 119 cm³/mol. The molecule has 31 heavy (non-hydrogen) atoms. The Bertz CT molecular complexity index is 1030. The zero-order valence-corrected chi connectivity index (χ0v) is 17.7. The van der Waals surface area contributed by atoms with Gasteiger partial charge < -0.3 is 4.90 Å². The summed E-state index contributed by atoms with van der Waals surface area (Å²) in [5.74, 6) is 0.678. The van der Waals surface area contributed by atoms with Crippen LogP contribution in [0.15, 0.2) is 60.9 Å². The van der Waals surface area contributed by atoms with Gasteiger partial charge in [-0.3, -0.25) is 14.7 Å². The largest absolute Gasteiger partial charge is 0.330 e. The lowest BCUT2D eigenvalue weighted by Crippen LogP contribution is -2.31. The number of aromatic nitrogens is 3. The van der Waals surface area contributed by atoms with Crippen LogP contribution in [0.1, 0.15) is 53.3 Å². The van der Waals surface area contributed by atoms with Crippen molar-refractivity contribution in [2.24, 2.45) is 0 Å². The number of hydrogen-bond acceptors (Lipinski definition) is 5. The molecule has 2 saturated heterocycles. The lowest BCUT2D eigenvalue weighted by Gasteiger charge is -2.25. The van der Waals surface area contributed by atoms with Crippen LogP contribution in [0.25, 0.3) is 11.5 Å². The Morgan fingerprint density at radius 1 is 0.903 bits per heavy atom. The van der Waals surface area contributed by atoms with Gasteiger partial charge in [0.2, 0.25) is 0 Å². The summed E-state index contributed by atoms with van der Waals surface area (Å²) in [6.07, 6.45) is 7.98. The van der Waals surface area contributed by atoms with Crippen molar-refractivity contribution in [2.75, 3.05) is 19.6 Å². The quantitative estimate of drug-likeness (QED) is 0.630. The Kier molecular flexibility index (Phi) is 5.71. The third kappa shape index (κ3) is 4.35. The number of amides is 1. The molecule has 1 amide bonds. The van der Waals surface area contributed by atoms with Gasteiger partial charge in [0.15, 0.2) is 5.82 Å². The van der Waals surface area contributed by atoms with Gasteiger partial charge in [-0.1, -0.05) is 18.2 Å². The van der Waals surface area contributed by atoms with E-state index in [0.717, 1.165) is 42.9 Å². The number of benzene rings is 1. The molecule has 6 nitrogen and oxygen atoms in total. The molecule has 0 radical (unpaired) electrons. The van der Waals surface area contributed by atoms with Crippen LogP contribution >= 0.6 is 0 Å². The van der Waals surface area contributed by atoms with Crippen molar-refractivity contribution in [3.8, 4) is 11.5 Å². The molecule has 1 unspecified atom stereocenters. The highest BCUT2D eigenvalue weighted by atomic mass is 16.2. The first-order valence-electron chi connectivity index (χ1n) is 11.1. The molecular weight excluding hydrogens is 386 g/mol. The molecule has 4 heterocycles. The van der Waals surface area contributed by atoms with Crippen molar-refractivity contribution in [1.29, 1.82) is 0 Å². The van der Waals surface area contributed by atoms with Gasteiger partial charge in [-0.05, 0) is 74.7 Å². The lowest BCUT2D eigenvalue weighted by molar-refractivity contribution is 0.0733. The van der Waals surface area contributed by atoms with Crippen LogP contribution in [0.2, 0.25) is 0 Å². The van der Waals surface area contributed by atoms with E-state index >= 15 is 0 Å². The Balaban J connectivity index is 1.32. The molecule has 3 aromatic rings. The Labute approximate surface area is 183 Å². The first kappa shape index (κ1) is 19.8. The molecule has 2 aliphatic heterocycles. The number of nitrogens with zero attached hydrogens (tertiary/aromatic N) is 5. The molecule has 0 saturated carbocycles. The highest BCUT2D eigenvalue weighted by Gasteiger charge is 2.32. The molecule has 0 aliphatic carbocycles. The zero-order valence-electron chi connectivity index (χ0n) is 17.7. The number of hydrogen-bond donors (Lipinski definition) is 0. The normalized spacial score (nSPS) is 19.1. The molecule has 5 rings (SSSR count). The van der Waals surface area contributed by atoms with Gasteiger partial charge in [0.05, 0.1) is 11.7 Å². The van der Waals surface area contributed by atoms with Gasteiger partial charge in [-0.15, -0.1) is 0 Å². The molecule has 0 N–H and O–H groups in total. The second-order valence-electron chi connectivity index (χ2n) is 8.36. The summed E-state index contributed by atoms with van der Waals surface area (Å²) in [5, 5.41) is 0. The number of rotatable bonds is 5. The van der Waals surface area contributed by atoms with Gasteiger partial charge in [0, 0.05) is 31.0 Å². The molecule has 2 aliphatic rings. The maximum absolute atomic E-state index is 13.3.